The summed E-state index contributed by atoms with van der Waals surface area (Å²) in [7, 11) is 0. The lowest BCUT2D eigenvalue weighted by Crippen LogP contribution is -1.99. The van der Waals surface area contributed by atoms with E-state index in [1.165, 1.54) is 11.3 Å². The normalized spacial score (nSPS) is 9.77. The van der Waals surface area contributed by atoms with Crippen molar-refractivity contribution in [3.63, 3.8) is 0 Å². The molecular weight excluding hydrogens is 208 g/mol. The quantitative estimate of drug-likeness (QED) is 0.771. The Hall–Kier alpha value is -0.800. The molecule has 0 saturated heterocycles. The fourth-order valence-corrected chi connectivity index (χ4v) is 2.20. The molecule has 70 valence electrons. The second kappa shape index (κ2) is 3.94. The molecule has 13 heavy (non-hydrogen) atoms. The summed E-state index contributed by atoms with van der Waals surface area (Å²) in [5.74, 6) is -0.904. The SMILES string of the molecule is CC(C)=C(C(=O)O)c1ccc(Cl)s1. The van der Waals surface area contributed by atoms with Gasteiger partial charge in [0.1, 0.15) is 0 Å². The number of halogens is 1. The second-order valence-corrected chi connectivity index (χ2v) is 4.50. The van der Waals surface area contributed by atoms with E-state index >= 15 is 0 Å². The highest BCUT2D eigenvalue weighted by Gasteiger charge is 2.13. The first-order valence-corrected chi connectivity index (χ1v) is 4.88. The van der Waals surface area contributed by atoms with Gasteiger partial charge < -0.3 is 5.11 Å². The molecule has 0 saturated carbocycles. The first kappa shape index (κ1) is 10.3. The van der Waals surface area contributed by atoms with E-state index in [4.69, 9.17) is 16.7 Å². The summed E-state index contributed by atoms with van der Waals surface area (Å²) in [4.78, 5) is 11.6. The molecule has 4 heteroatoms. The van der Waals surface area contributed by atoms with Crippen LogP contribution in [0.3, 0.4) is 0 Å². The van der Waals surface area contributed by atoms with Crippen LogP contribution in [0.2, 0.25) is 4.34 Å². The van der Waals surface area contributed by atoms with Crippen molar-refractivity contribution in [3.8, 4) is 0 Å². The van der Waals surface area contributed by atoms with Crippen LogP contribution in [0.15, 0.2) is 17.7 Å². The lowest BCUT2D eigenvalue weighted by molar-refractivity contribution is -0.130. The molecule has 0 aliphatic heterocycles. The maximum absolute atomic E-state index is 10.9. The summed E-state index contributed by atoms with van der Waals surface area (Å²) in [6.45, 7) is 3.55. The molecule has 0 aliphatic rings. The largest absolute Gasteiger partial charge is 0.478 e. The number of carboxylic acids is 1. The van der Waals surface area contributed by atoms with Gasteiger partial charge >= 0.3 is 5.97 Å². The van der Waals surface area contributed by atoms with Crippen LogP contribution in [-0.4, -0.2) is 11.1 Å². The van der Waals surface area contributed by atoms with Crippen molar-refractivity contribution in [3.05, 3.63) is 26.9 Å². The van der Waals surface area contributed by atoms with Crippen LogP contribution in [0.5, 0.6) is 0 Å². The van der Waals surface area contributed by atoms with Crippen molar-refractivity contribution in [2.45, 2.75) is 13.8 Å². The van der Waals surface area contributed by atoms with Gasteiger partial charge in [-0.2, -0.15) is 0 Å². The molecule has 1 rings (SSSR count). The Labute approximate surface area is 85.5 Å². The molecule has 0 spiro atoms. The molecule has 1 aromatic rings. The molecule has 0 aromatic carbocycles. The summed E-state index contributed by atoms with van der Waals surface area (Å²) < 4.78 is 0.606. The van der Waals surface area contributed by atoms with Crippen LogP contribution in [0, 0.1) is 0 Å². The van der Waals surface area contributed by atoms with Gasteiger partial charge in [-0.05, 0) is 26.0 Å². The van der Waals surface area contributed by atoms with Gasteiger partial charge in [-0.25, -0.2) is 4.79 Å². The molecule has 0 unspecified atom stereocenters. The first-order chi connectivity index (χ1) is 6.02. The molecule has 0 amide bonds. The van der Waals surface area contributed by atoms with Crippen LogP contribution >= 0.6 is 22.9 Å². The van der Waals surface area contributed by atoms with Crippen LogP contribution in [-0.2, 0) is 4.79 Å². The molecule has 2 nitrogen and oxygen atoms in total. The number of hydrogen-bond acceptors (Lipinski definition) is 2. The van der Waals surface area contributed by atoms with Crippen molar-refractivity contribution >= 4 is 34.5 Å². The minimum atomic E-state index is -0.904. The Morgan fingerprint density at radius 1 is 1.46 bits per heavy atom. The maximum Gasteiger partial charge on any atom is 0.337 e. The van der Waals surface area contributed by atoms with E-state index in [0.29, 0.717) is 14.8 Å². The topological polar surface area (TPSA) is 37.3 Å². The monoisotopic (exact) mass is 216 g/mol. The van der Waals surface area contributed by atoms with Crippen LogP contribution in [0.4, 0.5) is 0 Å². The van der Waals surface area contributed by atoms with E-state index in [1.807, 2.05) is 0 Å². The van der Waals surface area contributed by atoms with Crippen molar-refractivity contribution in [1.82, 2.24) is 0 Å². The molecule has 0 fully saturated rings. The van der Waals surface area contributed by atoms with Crippen molar-refractivity contribution in [2.75, 3.05) is 0 Å². The number of rotatable bonds is 2. The fraction of sp³-hybridized carbons (Fsp3) is 0.222. The number of aliphatic carboxylic acids is 1. The van der Waals surface area contributed by atoms with E-state index in [-0.39, 0.29) is 0 Å². The van der Waals surface area contributed by atoms with Crippen molar-refractivity contribution in [1.29, 1.82) is 0 Å². The molecule has 0 atom stereocenters. The maximum atomic E-state index is 10.9. The third-order valence-corrected chi connectivity index (χ3v) is 2.78. The first-order valence-electron chi connectivity index (χ1n) is 3.69. The molecule has 1 heterocycles. The Balaban J connectivity index is 3.19. The highest BCUT2D eigenvalue weighted by molar-refractivity contribution is 7.17. The second-order valence-electron chi connectivity index (χ2n) is 2.78. The van der Waals surface area contributed by atoms with Gasteiger partial charge in [-0.1, -0.05) is 17.2 Å². The average molecular weight is 217 g/mol. The van der Waals surface area contributed by atoms with E-state index < -0.39 is 5.97 Å². The van der Waals surface area contributed by atoms with E-state index in [9.17, 15) is 4.79 Å². The third kappa shape index (κ3) is 2.32. The van der Waals surface area contributed by atoms with Crippen LogP contribution < -0.4 is 0 Å². The summed E-state index contributed by atoms with van der Waals surface area (Å²) in [6, 6.07) is 3.43. The van der Waals surface area contributed by atoms with Crippen LogP contribution in [0.25, 0.3) is 5.57 Å². The smallest absolute Gasteiger partial charge is 0.337 e. The standard InChI is InChI=1S/C9H9ClO2S/c1-5(2)8(9(11)12)6-3-4-7(10)13-6/h3-4H,1-2H3,(H,11,12). The van der Waals surface area contributed by atoms with E-state index in [0.717, 1.165) is 5.57 Å². The van der Waals surface area contributed by atoms with E-state index in [1.54, 1.807) is 26.0 Å². The van der Waals surface area contributed by atoms with Gasteiger partial charge in [0.15, 0.2) is 0 Å². The Morgan fingerprint density at radius 2 is 2.08 bits per heavy atom. The lowest BCUT2D eigenvalue weighted by atomic mass is 10.1. The number of allylic oxidation sites excluding steroid dienone is 1. The predicted octanol–water partition coefficient (Wildman–Crippen LogP) is 3.28. The zero-order valence-electron chi connectivity index (χ0n) is 7.30. The van der Waals surface area contributed by atoms with E-state index in [2.05, 4.69) is 0 Å². The Morgan fingerprint density at radius 3 is 2.38 bits per heavy atom. The van der Waals surface area contributed by atoms with Gasteiger partial charge in [0, 0.05) is 4.88 Å². The van der Waals surface area contributed by atoms with Crippen molar-refractivity contribution in [2.24, 2.45) is 0 Å². The van der Waals surface area contributed by atoms with Crippen LogP contribution in [0.1, 0.15) is 18.7 Å². The number of hydrogen-bond donors (Lipinski definition) is 1. The van der Waals surface area contributed by atoms with Gasteiger partial charge in [-0.15, -0.1) is 11.3 Å². The average Bonchev–Trinajstić information content (AvgIpc) is 2.34. The summed E-state index contributed by atoms with van der Waals surface area (Å²) in [6.07, 6.45) is 0. The fourth-order valence-electron chi connectivity index (χ4n) is 1.01. The number of carbonyl (C=O) groups is 1. The van der Waals surface area contributed by atoms with Crippen molar-refractivity contribution < 1.29 is 9.90 Å². The summed E-state index contributed by atoms with van der Waals surface area (Å²) >= 11 is 7.00. The number of thiophene rings is 1. The van der Waals surface area contributed by atoms with Gasteiger partial charge in [0.05, 0.1) is 9.91 Å². The molecule has 1 N–H and O–H groups in total. The predicted molar refractivity (Wildman–Crippen MR) is 55.2 cm³/mol. The molecule has 0 bridgehead atoms. The van der Waals surface area contributed by atoms with Gasteiger partial charge in [0.25, 0.3) is 0 Å². The number of carboxylic acid groups (broad SMARTS) is 1. The zero-order chi connectivity index (χ0) is 10.0. The zero-order valence-corrected chi connectivity index (χ0v) is 8.87. The Kier molecular flexibility index (Phi) is 3.12. The summed E-state index contributed by atoms with van der Waals surface area (Å²) in [5.41, 5.74) is 1.13. The van der Waals surface area contributed by atoms with Gasteiger partial charge in [0.2, 0.25) is 0 Å². The van der Waals surface area contributed by atoms with Gasteiger partial charge in [-0.3, -0.25) is 0 Å². The summed E-state index contributed by atoms with van der Waals surface area (Å²) in [5, 5.41) is 8.91. The third-order valence-electron chi connectivity index (χ3n) is 1.53. The molecule has 0 aliphatic carbocycles. The molecule has 1 aromatic heterocycles. The Bertz CT molecular complexity index is 361. The minimum absolute atomic E-state index is 0.344. The minimum Gasteiger partial charge on any atom is -0.478 e. The molecule has 0 radical (unpaired) electrons. The highest BCUT2D eigenvalue weighted by Crippen LogP contribution is 2.29. The molecular formula is C9H9ClO2S. The lowest BCUT2D eigenvalue weighted by Gasteiger charge is -2.00. The highest BCUT2D eigenvalue weighted by atomic mass is 35.5.